The minimum atomic E-state index is 0. The van der Waals surface area contributed by atoms with E-state index in [0.29, 0.717) is 5.95 Å². The van der Waals surface area contributed by atoms with Gasteiger partial charge in [0.15, 0.2) is 0 Å². The van der Waals surface area contributed by atoms with Crippen LogP contribution in [0.3, 0.4) is 0 Å². The van der Waals surface area contributed by atoms with Crippen molar-refractivity contribution in [2.45, 2.75) is 13.8 Å². The Bertz CT molecular complexity index is 759. The van der Waals surface area contributed by atoms with E-state index in [-0.39, 0.29) is 12.4 Å². The molecule has 0 aliphatic carbocycles. The molecule has 23 heavy (non-hydrogen) atoms. The molecule has 6 heteroatoms. The topological polar surface area (TPSA) is 53.9 Å². The minimum Gasteiger partial charge on any atom is -0.356 e. The molecule has 5 nitrogen and oxygen atoms in total. The lowest BCUT2D eigenvalue weighted by Crippen LogP contribution is -2.23. The molecule has 3 rings (SSSR count). The summed E-state index contributed by atoms with van der Waals surface area (Å²) in [4.78, 5) is 15.6. The molecule has 0 saturated heterocycles. The maximum Gasteiger partial charge on any atom is 0.229 e. The molecule has 0 saturated carbocycles. The van der Waals surface area contributed by atoms with Gasteiger partial charge in [0.25, 0.3) is 0 Å². The number of halogens is 1. The predicted octanol–water partition coefficient (Wildman–Crippen LogP) is 4.04. The Hall–Kier alpha value is -2.40. The molecule has 2 aromatic heterocycles. The van der Waals surface area contributed by atoms with E-state index in [1.54, 1.807) is 12.4 Å². The van der Waals surface area contributed by atoms with Crippen LogP contribution in [0.2, 0.25) is 0 Å². The van der Waals surface area contributed by atoms with E-state index >= 15 is 0 Å². The molecular formula is C17H20ClN5. The SMILES string of the molecule is CCN(CC)c1nc(Nc2ccncc2)nc2ccccc12.Cl. The van der Waals surface area contributed by atoms with Gasteiger partial charge >= 0.3 is 0 Å². The van der Waals surface area contributed by atoms with E-state index in [1.807, 2.05) is 30.3 Å². The molecule has 0 amide bonds. The van der Waals surface area contributed by atoms with Gasteiger partial charge in [-0.15, -0.1) is 12.4 Å². The lowest BCUT2D eigenvalue weighted by molar-refractivity contribution is 0.850. The molecule has 0 bridgehead atoms. The van der Waals surface area contributed by atoms with Gasteiger partial charge in [-0.25, -0.2) is 4.98 Å². The van der Waals surface area contributed by atoms with Crippen molar-refractivity contribution in [3.63, 3.8) is 0 Å². The fourth-order valence-corrected chi connectivity index (χ4v) is 2.44. The highest BCUT2D eigenvalue weighted by Gasteiger charge is 2.12. The standard InChI is InChI=1S/C17H19N5.ClH/c1-3-22(4-2)16-14-7-5-6-8-15(14)20-17(21-16)19-13-9-11-18-12-10-13;/h5-12H,3-4H2,1-2H3,(H,18,19,20,21);1H. The zero-order valence-corrected chi connectivity index (χ0v) is 14.0. The first-order valence-corrected chi connectivity index (χ1v) is 7.50. The highest BCUT2D eigenvalue weighted by molar-refractivity contribution is 5.90. The first-order valence-electron chi connectivity index (χ1n) is 7.50. The largest absolute Gasteiger partial charge is 0.356 e. The number of benzene rings is 1. The Kier molecular flexibility index (Phi) is 5.71. The lowest BCUT2D eigenvalue weighted by Gasteiger charge is -2.22. The maximum atomic E-state index is 4.72. The van der Waals surface area contributed by atoms with Gasteiger partial charge in [0.05, 0.1) is 5.52 Å². The second-order valence-electron chi connectivity index (χ2n) is 4.92. The predicted molar refractivity (Wildman–Crippen MR) is 97.9 cm³/mol. The molecule has 0 radical (unpaired) electrons. The highest BCUT2D eigenvalue weighted by Crippen LogP contribution is 2.26. The molecule has 0 atom stereocenters. The molecule has 2 heterocycles. The van der Waals surface area contributed by atoms with Crippen LogP contribution in [0.4, 0.5) is 17.5 Å². The van der Waals surface area contributed by atoms with Crippen LogP contribution in [-0.2, 0) is 0 Å². The van der Waals surface area contributed by atoms with Crippen molar-refractivity contribution in [3.05, 3.63) is 48.8 Å². The van der Waals surface area contributed by atoms with Crippen molar-refractivity contribution in [3.8, 4) is 0 Å². The van der Waals surface area contributed by atoms with E-state index in [9.17, 15) is 0 Å². The summed E-state index contributed by atoms with van der Waals surface area (Å²) in [5.74, 6) is 1.57. The van der Waals surface area contributed by atoms with Gasteiger partial charge in [0.1, 0.15) is 5.82 Å². The highest BCUT2D eigenvalue weighted by atomic mass is 35.5. The van der Waals surface area contributed by atoms with Crippen molar-refractivity contribution < 1.29 is 0 Å². The number of fused-ring (bicyclic) bond motifs is 1. The molecular weight excluding hydrogens is 310 g/mol. The third-order valence-electron chi connectivity index (χ3n) is 3.58. The minimum absolute atomic E-state index is 0. The molecule has 0 aliphatic rings. The fraction of sp³-hybridized carbons (Fsp3) is 0.235. The van der Waals surface area contributed by atoms with Crippen LogP contribution in [0.1, 0.15) is 13.8 Å². The smallest absolute Gasteiger partial charge is 0.229 e. The molecule has 0 unspecified atom stereocenters. The van der Waals surface area contributed by atoms with Gasteiger partial charge in [-0.05, 0) is 38.1 Å². The summed E-state index contributed by atoms with van der Waals surface area (Å²) in [5, 5.41) is 4.33. The molecule has 0 fully saturated rings. The average molecular weight is 330 g/mol. The molecule has 120 valence electrons. The fourth-order valence-electron chi connectivity index (χ4n) is 2.44. The summed E-state index contributed by atoms with van der Waals surface area (Å²) >= 11 is 0. The lowest BCUT2D eigenvalue weighted by atomic mass is 10.2. The van der Waals surface area contributed by atoms with Crippen molar-refractivity contribution in [2.24, 2.45) is 0 Å². The van der Waals surface area contributed by atoms with Crippen LogP contribution in [0.25, 0.3) is 10.9 Å². The first kappa shape index (κ1) is 17.0. The summed E-state index contributed by atoms with van der Waals surface area (Å²) < 4.78 is 0. The summed E-state index contributed by atoms with van der Waals surface area (Å²) in [7, 11) is 0. The second-order valence-corrected chi connectivity index (χ2v) is 4.92. The summed E-state index contributed by atoms with van der Waals surface area (Å²) in [6.07, 6.45) is 3.49. The number of para-hydroxylation sites is 1. The van der Waals surface area contributed by atoms with E-state index in [1.165, 1.54) is 0 Å². The van der Waals surface area contributed by atoms with Crippen LogP contribution in [0, 0.1) is 0 Å². The monoisotopic (exact) mass is 329 g/mol. The number of pyridine rings is 1. The average Bonchev–Trinajstić information content (AvgIpc) is 2.57. The number of hydrogen-bond acceptors (Lipinski definition) is 5. The number of aromatic nitrogens is 3. The van der Waals surface area contributed by atoms with Gasteiger partial charge in [-0.1, -0.05) is 12.1 Å². The summed E-state index contributed by atoms with van der Waals surface area (Å²) in [5.41, 5.74) is 1.87. The van der Waals surface area contributed by atoms with E-state index in [4.69, 9.17) is 4.98 Å². The van der Waals surface area contributed by atoms with E-state index < -0.39 is 0 Å². The van der Waals surface area contributed by atoms with Crippen molar-refractivity contribution >= 4 is 40.8 Å². The Balaban J connectivity index is 0.00000192. The molecule has 1 N–H and O–H groups in total. The van der Waals surface area contributed by atoms with Crippen LogP contribution in [0.5, 0.6) is 0 Å². The molecule has 3 aromatic rings. The Labute approximate surface area is 142 Å². The molecule has 0 spiro atoms. The number of anilines is 3. The van der Waals surface area contributed by atoms with E-state index in [2.05, 4.69) is 40.1 Å². The Morgan fingerprint density at radius 2 is 1.65 bits per heavy atom. The zero-order chi connectivity index (χ0) is 15.4. The van der Waals surface area contributed by atoms with E-state index in [0.717, 1.165) is 35.5 Å². The summed E-state index contributed by atoms with van der Waals surface area (Å²) in [6, 6.07) is 11.9. The summed E-state index contributed by atoms with van der Waals surface area (Å²) in [6.45, 7) is 6.09. The van der Waals surface area contributed by atoms with Gasteiger partial charge in [-0.3, -0.25) is 4.98 Å². The number of rotatable bonds is 5. The third-order valence-corrected chi connectivity index (χ3v) is 3.58. The van der Waals surface area contributed by atoms with Crippen LogP contribution >= 0.6 is 12.4 Å². The first-order chi connectivity index (χ1) is 10.8. The van der Waals surface area contributed by atoms with Crippen LogP contribution in [-0.4, -0.2) is 28.0 Å². The van der Waals surface area contributed by atoms with Gasteiger partial charge in [0.2, 0.25) is 5.95 Å². The van der Waals surface area contributed by atoms with Gasteiger partial charge in [0, 0.05) is 36.6 Å². The van der Waals surface area contributed by atoms with Gasteiger partial charge < -0.3 is 10.2 Å². The quantitative estimate of drug-likeness (QED) is 0.765. The Morgan fingerprint density at radius 3 is 2.35 bits per heavy atom. The van der Waals surface area contributed by atoms with Crippen molar-refractivity contribution in [1.29, 1.82) is 0 Å². The molecule has 0 aliphatic heterocycles. The number of hydrogen-bond donors (Lipinski definition) is 1. The maximum absolute atomic E-state index is 4.72. The second kappa shape index (κ2) is 7.74. The Morgan fingerprint density at radius 1 is 0.957 bits per heavy atom. The van der Waals surface area contributed by atoms with Crippen LogP contribution in [0.15, 0.2) is 48.8 Å². The number of nitrogens with one attached hydrogen (secondary N) is 1. The van der Waals surface area contributed by atoms with Crippen LogP contribution < -0.4 is 10.2 Å². The number of nitrogens with zero attached hydrogens (tertiary/aromatic N) is 4. The third kappa shape index (κ3) is 3.68. The zero-order valence-electron chi connectivity index (χ0n) is 13.2. The van der Waals surface area contributed by atoms with Gasteiger partial charge in [-0.2, -0.15) is 4.98 Å². The normalized spacial score (nSPS) is 10.2. The van der Waals surface area contributed by atoms with Crippen molar-refractivity contribution in [1.82, 2.24) is 15.0 Å². The van der Waals surface area contributed by atoms with Crippen molar-refractivity contribution in [2.75, 3.05) is 23.3 Å². The molecule has 1 aromatic carbocycles.